The summed E-state index contributed by atoms with van der Waals surface area (Å²) in [5.74, 6) is 0.536. The van der Waals surface area contributed by atoms with Gasteiger partial charge in [-0.3, -0.25) is 0 Å². The second-order valence-corrected chi connectivity index (χ2v) is 2.82. The molecule has 0 radical (unpaired) electrons. The molecule has 4 heteroatoms. The van der Waals surface area contributed by atoms with Crippen LogP contribution in [0, 0.1) is 0 Å². The van der Waals surface area contributed by atoms with Crippen LogP contribution in [0.25, 0.3) is 0 Å². The lowest BCUT2D eigenvalue weighted by molar-refractivity contribution is 0.415. The summed E-state index contributed by atoms with van der Waals surface area (Å²) in [5.41, 5.74) is 5.96. The molecular formula is C9H13Cl2NO. The van der Waals surface area contributed by atoms with Gasteiger partial charge in [-0.05, 0) is 6.07 Å². The number of benzene rings is 1. The number of hydrogen-bond acceptors (Lipinski definition) is 2. The second kappa shape index (κ2) is 5.95. The van der Waals surface area contributed by atoms with E-state index >= 15 is 0 Å². The predicted octanol–water partition coefficient (Wildman–Crippen LogP) is 3.61. The molecule has 13 heavy (non-hydrogen) atoms. The number of methoxy groups -OCH3 is 1. The van der Waals surface area contributed by atoms with E-state index in [1.54, 1.807) is 12.1 Å². The van der Waals surface area contributed by atoms with Crippen molar-refractivity contribution in [1.29, 1.82) is 0 Å². The highest BCUT2D eigenvalue weighted by Crippen LogP contribution is 2.31. The van der Waals surface area contributed by atoms with Crippen molar-refractivity contribution in [2.45, 2.75) is 13.8 Å². The van der Waals surface area contributed by atoms with Gasteiger partial charge in [-0.2, -0.15) is 0 Å². The molecule has 2 N–H and O–H groups in total. The molecular weight excluding hydrogens is 209 g/mol. The van der Waals surface area contributed by atoms with Crippen LogP contribution in [-0.2, 0) is 0 Å². The van der Waals surface area contributed by atoms with Crippen LogP contribution in [0.4, 0.5) is 5.69 Å². The molecule has 0 amide bonds. The summed E-state index contributed by atoms with van der Waals surface area (Å²) in [5, 5.41) is 0.905. The number of hydrogen-bond donors (Lipinski definition) is 1. The van der Waals surface area contributed by atoms with Crippen LogP contribution < -0.4 is 10.5 Å². The van der Waals surface area contributed by atoms with Crippen molar-refractivity contribution >= 4 is 28.9 Å². The van der Waals surface area contributed by atoms with Gasteiger partial charge < -0.3 is 10.5 Å². The Labute approximate surface area is 88.6 Å². The Balaban J connectivity index is 0.000000671. The molecule has 1 aromatic rings. The largest absolute Gasteiger partial charge is 0.495 e. The molecule has 0 bridgehead atoms. The molecule has 0 fully saturated rings. The monoisotopic (exact) mass is 221 g/mol. The van der Waals surface area contributed by atoms with Gasteiger partial charge in [-0.1, -0.05) is 37.0 Å². The van der Waals surface area contributed by atoms with E-state index in [0.717, 1.165) is 0 Å². The minimum atomic E-state index is 0.441. The van der Waals surface area contributed by atoms with E-state index in [1.165, 1.54) is 7.11 Å². The van der Waals surface area contributed by atoms with Crippen molar-refractivity contribution in [2.24, 2.45) is 0 Å². The number of anilines is 1. The molecule has 0 saturated carbocycles. The molecule has 2 nitrogen and oxygen atoms in total. The zero-order valence-corrected chi connectivity index (χ0v) is 9.41. The first-order chi connectivity index (χ1) is 6.15. The Bertz CT molecular complexity index is 277. The van der Waals surface area contributed by atoms with Crippen LogP contribution in [0.2, 0.25) is 10.0 Å². The summed E-state index contributed by atoms with van der Waals surface area (Å²) in [6.07, 6.45) is 0. The Hall–Kier alpha value is -0.600. The highest BCUT2D eigenvalue weighted by molar-refractivity contribution is 6.37. The van der Waals surface area contributed by atoms with Crippen molar-refractivity contribution in [3.63, 3.8) is 0 Å². The summed E-state index contributed by atoms with van der Waals surface area (Å²) in [6.45, 7) is 4.00. The summed E-state index contributed by atoms with van der Waals surface area (Å²) >= 11 is 11.4. The van der Waals surface area contributed by atoms with Crippen LogP contribution in [0.3, 0.4) is 0 Å². The molecule has 1 rings (SSSR count). The SMILES string of the molecule is CC.COc1cc(N)c(Cl)cc1Cl. The van der Waals surface area contributed by atoms with Crippen molar-refractivity contribution in [3.8, 4) is 5.75 Å². The quantitative estimate of drug-likeness (QED) is 0.736. The first-order valence-corrected chi connectivity index (χ1v) is 4.69. The van der Waals surface area contributed by atoms with E-state index in [4.69, 9.17) is 33.7 Å². The van der Waals surface area contributed by atoms with Crippen LogP contribution >= 0.6 is 23.2 Å². The zero-order valence-electron chi connectivity index (χ0n) is 7.90. The number of nitrogen functional groups attached to an aromatic ring is 1. The number of ether oxygens (including phenoxy) is 1. The number of halogens is 2. The number of nitrogens with two attached hydrogens (primary N) is 1. The fourth-order valence-corrected chi connectivity index (χ4v) is 1.16. The van der Waals surface area contributed by atoms with Gasteiger partial charge in [0.2, 0.25) is 0 Å². The molecule has 0 unspecified atom stereocenters. The summed E-state index contributed by atoms with van der Waals surface area (Å²) in [7, 11) is 1.52. The lowest BCUT2D eigenvalue weighted by Crippen LogP contribution is -1.89. The van der Waals surface area contributed by atoms with Gasteiger partial charge in [0.1, 0.15) is 5.75 Å². The summed E-state index contributed by atoms with van der Waals surface area (Å²) in [6, 6.07) is 3.14. The third kappa shape index (κ3) is 3.33. The average Bonchev–Trinajstić information content (AvgIpc) is 2.15. The molecule has 0 aliphatic rings. The van der Waals surface area contributed by atoms with Crippen LogP contribution in [0.5, 0.6) is 5.75 Å². The Kier molecular flexibility index (Phi) is 5.67. The van der Waals surface area contributed by atoms with Crippen molar-refractivity contribution < 1.29 is 4.74 Å². The lowest BCUT2D eigenvalue weighted by atomic mass is 10.3. The minimum Gasteiger partial charge on any atom is -0.495 e. The molecule has 0 atom stereocenters. The van der Waals surface area contributed by atoms with E-state index in [0.29, 0.717) is 21.5 Å². The smallest absolute Gasteiger partial charge is 0.139 e. The molecule has 0 aromatic heterocycles. The molecule has 0 heterocycles. The Morgan fingerprint density at radius 2 is 1.69 bits per heavy atom. The standard InChI is InChI=1S/C7H7Cl2NO.C2H6/c1-11-7-3-6(10)4(8)2-5(7)9;1-2/h2-3H,10H2,1H3;1-2H3. The fourth-order valence-electron chi connectivity index (χ4n) is 0.701. The molecule has 0 saturated heterocycles. The Morgan fingerprint density at radius 1 is 1.15 bits per heavy atom. The molecule has 0 aliphatic heterocycles. The molecule has 1 aromatic carbocycles. The van der Waals surface area contributed by atoms with Crippen molar-refractivity contribution in [2.75, 3.05) is 12.8 Å². The van der Waals surface area contributed by atoms with Gasteiger partial charge in [0, 0.05) is 6.07 Å². The second-order valence-electron chi connectivity index (χ2n) is 2.01. The Morgan fingerprint density at radius 3 is 2.15 bits per heavy atom. The molecule has 0 aliphatic carbocycles. The predicted molar refractivity (Wildman–Crippen MR) is 58.8 cm³/mol. The fraction of sp³-hybridized carbons (Fsp3) is 0.333. The maximum atomic E-state index is 5.74. The summed E-state index contributed by atoms with van der Waals surface area (Å²) < 4.78 is 4.91. The molecule has 0 spiro atoms. The van der Waals surface area contributed by atoms with Crippen molar-refractivity contribution in [3.05, 3.63) is 22.2 Å². The van der Waals surface area contributed by atoms with Gasteiger partial charge in [-0.25, -0.2) is 0 Å². The summed E-state index contributed by atoms with van der Waals surface area (Å²) in [4.78, 5) is 0. The number of rotatable bonds is 1. The molecule has 74 valence electrons. The highest BCUT2D eigenvalue weighted by Gasteiger charge is 2.03. The minimum absolute atomic E-state index is 0.441. The van der Waals surface area contributed by atoms with Gasteiger partial charge in [-0.15, -0.1) is 0 Å². The van der Waals surface area contributed by atoms with E-state index in [9.17, 15) is 0 Å². The topological polar surface area (TPSA) is 35.2 Å². The third-order valence-corrected chi connectivity index (χ3v) is 1.89. The lowest BCUT2D eigenvalue weighted by Gasteiger charge is -2.04. The maximum Gasteiger partial charge on any atom is 0.139 e. The first kappa shape index (κ1) is 12.4. The van der Waals surface area contributed by atoms with Gasteiger partial charge in [0.25, 0.3) is 0 Å². The van der Waals surface area contributed by atoms with Crippen LogP contribution in [0.1, 0.15) is 13.8 Å². The normalized spacial score (nSPS) is 8.69. The highest BCUT2D eigenvalue weighted by atomic mass is 35.5. The maximum absolute atomic E-state index is 5.74. The third-order valence-electron chi connectivity index (χ3n) is 1.27. The van der Waals surface area contributed by atoms with Crippen LogP contribution in [0.15, 0.2) is 12.1 Å². The van der Waals surface area contributed by atoms with E-state index < -0.39 is 0 Å². The van der Waals surface area contributed by atoms with Gasteiger partial charge in [0.05, 0.1) is 22.8 Å². The average molecular weight is 222 g/mol. The van der Waals surface area contributed by atoms with E-state index in [-0.39, 0.29) is 0 Å². The van der Waals surface area contributed by atoms with Gasteiger partial charge >= 0.3 is 0 Å². The van der Waals surface area contributed by atoms with E-state index in [2.05, 4.69) is 0 Å². The first-order valence-electron chi connectivity index (χ1n) is 3.93. The van der Waals surface area contributed by atoms with Gasteiger partial charge in [0.15, 0.2) is 0 Å². The van der Waals surface area contributed by atoms with Crippen molar-refractivity contribution in [1.82, 2.24) is 0 Å². The van der Waals surface area contributed by atoms with E-state index in [1.807, 2.05) is 13.8 Å². The zero-order chi connectivity index (χ0) is 10.4. The van der Waals surface area contributed by atoms with Crippen LogP contribution in [-0.4, -0.2) is 7.11 Å².